The Kier molecular flexibility index (Phi) is 5.29. The van der Waals surface area contributed by atoms with Crippen molar-refractivity contribution in [2.75, 3.05) is 17.7 Å². The van der Waals surface area contributed by atoms with Gasteiger partial charge in [0.1, 0.15) is 11.6 Å². The maximum Gasteiger partial charge on any atom is 0.161 e. The number of alkyl halides is 1. The number of aliphatic hydroxyl groups excluding tert-OH is 1. The van der Waals surface area contributed by atoms with Crippen LogP contribution in [-0.2, 0) is 0 Å². The minimum Gasteiger partial charge on any atom is -0.390 e. The fourth-order valence-electron chi connectivity index (χ4n) is 1.15. The molecule has 92 valence electrons. The van der Waals surface area contributed by atoms with Crippen LogP contribution in [0.5, 0.6) is 0 Å². The van der Waals surface area contributed by atoms with E-state index in [2.05, 4.69) is 5.32 Å². The average molecular weight is 298 g/mol. The van der Waals surface area contributed by atoms with Crippen molar-refractivity contribution < 1.29 is 9.50 Å². The first kappa shape index (κ1) is 14.3. The van der Waals surface area contributed by atoms with E-state index in [1.54, 1.807) is 6.07 Å². The number of benzene rings is 1. The molecule has 3 nitrogen and oxygen atoms in total. The third-order valence-corrected chi connectivity index (χ3v) is 2.91. The predicted octanol–water partition coefficient (Wildman–Crippen LogP) is 3.02. The monoisotopic (exact) mass is 296 g/mol. The molecular formula is C10H8Cl3FN2O. The molecule has 0 amide bonds. The van der Waals surface area contributed by atoms with Gasteiger partial charge in [0.05, 0.1) is 27.7 Å². The molecule has 0 heterocycles. The van der Waals surface area contributed by atoms with E-state index >= 15 is 0 Å². The lowest BCUT2D eigenvalue weighted by Gasteiger charge is -2.13. The molecule has 1 rings (SSSR count). The minimum absolute atomic E-state index is 0.0164. The Morgan fingerprint density at radius 2 is 2.12 bits per heavy atom. The second-order valence-electron chi connectivity index (χ2n) is 3.21. The molecule has 17 heavy (non-hydrogen) atoms. The standard InChI is InChI=1S/C10H8Cl3FN2O/c11-2-5(17)4-16-10-6(3-15)9(14)7(12)1-8(10)13/h1,5,16-17H,2,4H2. The van der Waals surface area contributed by atoms with Crippen molar-refractivity contribution in [3.05, 3.63) is 27.5 Å². The second kappa shape index (κ2) is 6.27. The van der Waals surface area contributed by atoms with Crippen molar-refractivity contribution in [3.63, 3.8) is 0 Å². The van der Waals surface area contributed by atoms with Crippen molar-refractivity contribution in [2.45, 2.75) is 6.10 Å². The van der Waals surface area contributed by atoms with Gasteiger partial charge in [0.15, 0.2) is 5.82 Å². The molecule has 0 saturated carbocycles. The number of rotatable bonds is 4. The van der Waals surface area contributed by atoms with Crippen LogP contribution in [-0.4, -0.2) is 23.6 Å². The molecule has 0 spiro atoms. The number of hydrogen-bond donors (Lipinski definition) is 2. The topological polar surface area (TPSA) is 56.0 Å². The van der Waals surface area contributed by atoms with Crippen molar-refractivity contribution in [1.82, 2.24) is 0 Å². The van der Waals surface area contributed by atoms with Crippen molar-refractivity contribution in [1.29, 1.82) is 5.26 Å². The van der Waals surface area contributed by atoms with E-state index in [9.17, 15) is 9.50 Å². The average Bonchev–Trinajstić information content (AvgIpc) is 2.31. The number of hydrogen-bond acceptors (Lipinski definition) is 3. The lowest BCUT2D eigenvalue weighted by molar-refractivity contribution is 0.211. The smallest absolute Gasteiger partial charge is 0.161 e. The molecule has 0 fully saturated rings. The molecule has 7 heteroatoms. The predicted molar refractivity (Wildman–Crippen MR) is 66.4 cm³/mol. The number of aliphatic hydroxyl groups is 1. The number of nitriles is 1. The molecule has 1 atom stereocenters. The Labute approximate surface area is 113 Å². The van der Waals surface area contributed by atoms with Gasteiger partial charge < -0.3 is 10.4 Å². The summed E-state index contributed by atoms with van der Waals surface area (Å²) in [7, 11) is 0. The SMILES string of the molecule is N#Cc1c(F)c(Cl)cc(Cl)c1NCC(O)CCl. The highest BCUT2D eigenvalue weighted by Crippen LogP contribution is 2.32. The molecule has 0 aliphatic carbocycles. The largest absolute Gasteiger partial charge is 0.390 e. The number of nitrogens with one attached hydrogen (secondary N) is 1. The van der Waals surface area contributed by atoms with Crippen LogP contribution < -0.4 is 5.32 Å². The maximum atomic E-state index is 13.5. The summed E-state index contributed by atoms with van der Waals surface area (Å²) in [5.74, 6) is -0.829. The molecule has 0 bridgehead atoms. The third kappa shape index (κ3) is 3.36. The van der Waals surface area contributed by atoms with Gasteiger partial charge in [-0.1, -0.05) is 23.2 Å². The number of halogens is 4. The molecule has 2 N–H and O–H groups in total. The van der Waals surface area contributed by atoms with Crippen LogP contribution in [0.2, 0.25) is 10.0 Å². The summed E-state index contributed by atoms with van der Waals surface area (Å²) in [6, 6.07) is 2.86. The van der Waals surface area contributed by atoms with Gasteiger partial charge in [-0.25, -0.2) is 4.39 Å². The van der Waals surface area contributed by atoms with E-state index < -0.39 is 11.9 Å². The van der Waals surface area contributed by atoms with Crippen molar-refractivity contribution >= 4 is 40.5 Å². The Balaban J connectivity index is 3.07. The van der Waals surface area contributed by atoms with Crippen LogP contribution in [0, 0.1) is 17.1 Å². The summed E-state index contributed by atoms with van der Waals surface area (Å²) in [6.45, 7) is 0.0545. The van der Waals surface area contributed by atoms with E-state index in [4.69, 9.17) is 40.1 Å². The van der Waals surface area contributed by atoms with E-state index in [1.165, 1.54) is 6.07 Å². The molecule has 1 aromatic rings. The Bertz CT molecular complexity index is 462. The third-order valence-electron chi connectivity index (χ3n) is 1.98. The fraction of sp³-hybridized carbons (Fsp3) is 0.300. The van der Waals surface area contributed by atoms with Crippen LogP contribution in [0.25, 0.3) is 0 Å². The second-order valence-corrected chi connectivity index (χ2v) is 4.33. The molecular weight excluding hydrogens is 289 g/mol. The summed E-state index contributed by atoms with van der Waals surface area (Å²) in [5.41, 5.74) is -0.190. The van der Waals surface area contributed by atoms with Crippen LogP contribution in [0.1, 0.15) is 5.56 Å². The molecule has 0 radical (unpaired) electrons. The molecule has 0 aliphatic rings. The lowest BCUT2D eigenvalue weighted by atomic mass is 10.1. The number of nitrogens with zero attached hydrogens (tertiary/aromatic N) is 1. The van der Waals surface area contributed by atoms with Crippen LogP contribution >= 0.6 is 34.8 Å². The summed E-state index contributed by atoms with van der Waals surface area (Å²) in [5, 5.41) is 20.6. The van der Waals surface area contributed by atoms with Gasteiger partial charge in [-0.15, -0.1) is 11.6 Å². The Morgan fingerprint density at radius 3 is 2.65 bits per heavy atom. The van der Waals surface area contributed by atoms with Gasteiger partial charge in [0.2, 0.25) is 0 Å². The zero-order valence-corrected chi connectivity index (χ0v) is 10.7. The van der Waals surface area contributed by atoms with Crippen molar-refractivity contribution in [2.24, 2.45) is 0 Å². The Morgan fingerprint density at radius 1 is 1.47 bits per heavy atom. The molecule has 0 saturated heterocycles. The van der Waals surface area contributed by atoms with Gasteiger partial charge in [0, 0.05) is 6.54 Å². The summed E-state index contributed by atoms with van der Waals surface area (Å²) in [6.07, 6.45) is -0.821. The summed E-state index contributed by atoms with van der Waals surface area (Å²) < 4.78 is 13.5. The normalized spacial score (nSPS) is 12.0. The zero-order valence-electron chi connectivity index (χ0n) is 8.48. The van der Waals surface area contributed by atoms with Gasteiger partial charge in [-0.05, 0) is 6.07 Å². The van der Waals surface area contributed by atoms with Crippen molar-refractivity contribution in [3.8, 4) is 6.07 Å². The van der Waals surface area contributed by atoms with Gasteiger partial charge >= 0.3 is 0 Å². The van der Waals surface area contributed by atoms with Crippen LogP contribution in [0.4, 0.5) is 10.1 Å². The first-order valence-electron chi connectivity index (χ1n) is 4.56. The maximum absolute atomic E-state index is 13.5. The zero-order chi connectivity index (χ0) is 13.0. The fourth-order valence-corrected chi connectivity index (χ4v) is 1.79. The van der Waals surface area contributed by atoms with Crippen LogP contribution in [0.15, 0.2) is 6.07 Å². The molecule has 0 aliphatic heterocycles. The highest BCUT2D eigenvalue weighted by atomic mass is 35.5. The molecule has 1 unspecified atom stereocenters. The van der Waals surface area contributed by atoms with E-state index in [0.717, 1.165) is 0 Å². The summed E-state index contributed by atoms with van der Waals surface area (Å²) in [4.78, 5) is 0. The first-order valence-corrected chi connectivity index (χ1v) is 5.85. The quantitative estimate of drug-likeness (QED) is 0.663. The Hall–Kier alpha value is -0.730. The van der Waals surface area contributed by atoms with E-state index in [1.807, 2.05) is 0 Å². The highest BCUT2D eigenvalue weighted by Gasteiger charge is 2.17. The minimum atomic E-state index is -0.846. The van der Waals surface area contributed by atoms with E-state index in [-0.39, 0.29) is 33.7 Å². The van der Waals surface area contributed by atoms with Gasteiger partial charge in [-0.3, -0.25) is 0 Å². The number of anilines is 1. The first-order chi connectivity index (χ1) is 8.01. The lowest BCUT2D eigenvalue weighted by Crippen LogP contribution is -2.21. The summed E-state index contributed by atoms with van der Waals surface area (Å²) >= 11 is 16.8. The van der Waals surface area contributed by atoms with Gasteiger partial charge in [0.25, 0.3) is 0 Å². The van der Waals surface area contributed by atoms with Gasteiger partial charge in [-0.2, -0.15) is 5.26 Å². The van der Waals surface area contributed by atoms with E-state index in [0.29, 0.717) is 0 Å². The molecule has 1 aromatic carbocycles. The molecule has 0 aromatic heterocycles. The van der Waals surface area contributed by atoms with Crippen LogP contribution in [0.3, 0.4) is 0 Å². The highest BCUT2D eigenvalue weighted by molar-refractivity contribution is 6.36.